The maximum atomic E-state index is 4.55. The summed E-state index contributed by atoms with van der Waals surface area (Å²) < 4.78 is 0. The van der Waals surface area contributed by atoms with Crippen molar-refractivity contribution < 1.29 is 0 Å². The summed E-state index contributed by atoms with van der Waals surface area (Å²) in [5, 5.41) is 0. The Kier molecular flexibility index (Phi) is 4.38. The number of rotatable bonds is 5. The van der Waals surface area contributed by atoms with Crippen molar-refractivity contribution in [1.29, 1.82) is 0 Å². The van der Waals surface area contributed by atoms with Gasteiger partial charge in [0.25, 0.3) is 0 Å². The second-order valence-corrected chi connectivity index (χ2v) is 6.86. The summed E-state index contributed by atoms with van der Waals surface area (Å²) in [5.74, 6) is 1.11. The minimum Gasteiger partial charge on any atom is -0.350 e. The molecule has 0 spiro atoms. The van der Waals surface area contributed by atoms with E-state index in [1.807, 2.05) is 19.2 Å². The van der Waals surface area contributed by atoms with E-state index in [1.54, 1.807) is 12.7 Å². The molecule has 3 heterocycles. The van der Waals surface area contributed by atoms with E-state index in [4.69, 9.17) is 0 Å². The Balaban J connectivity index is 1.40. The number of hydrogen-bond acceptors (Lipinski definition) is 6. The van der Waals surface area contributed by atoms with Gasteiger partial charge in [0.1, 0.15) is 18.5 Å². The van der Waals surface area contributed by atoms with E-state index in [9.17, 15) is 0 Å². The highest BCUT2D eigenvalue weighted by molar-refractivity contribution is 5.43. The van der Waals surface area contributed by atoms with Gasteiger partial charge in [-0.15, -0.1) is 0 Å². The van der Waals surface area contributed by atoms with Gasteiger partial charge in [0.15, 0.2) is 0 Å². The summed E-state index contributed by atoms with van der Waals surface area (Å²) in [6.07, 6.45) is 10.1. The van der Waals surface area contributed by atoms with Crippen LogP contribution in [0.4, 0.5) is 5.82 Å². The van der Waals surface area contributed by atoms with Crippen molar-refractivity contribution in [3.63, 3.8) is 0 Å². The van der Waals surface area contributed by atoms with Gasteiger partial charge in [-0.1, -0.05) is 0 Å². The van der Waals surface area contributed by atoms with Gasteiger partial charge in [0.2, 0.25) is 0 Å². The molecule has 0 radical (unpaired) electrons. The molecule has 1 saturated carbocycles. The van der Waals surface area contributed by atoms with Crippen LogP contribution in [0.15, 0.2) is 31.0 Å². The van der Waals surface area contributed by atoms with Crippen LogP contribution in [0.1, 0.15) is 37.1 Å². The predicted octanol–water partition coefficient (Wildman–Crippen LogP) is 2.21. The largest absolute Gasteiger partial charge is 0.350 e. The lowest BCUT2D eigenvalue weighted by atomic mass is 10.0. The molecule has 2 aromatic heterocycles. The van der Waals surface area contributed by atoms with Gasteiger partial charge in [0.05, 0.1) is 5.69 Å². The SMILES string of the molecule is Cc1cc(N(C2CC2)C2CCN(Cc3ccncn3)CC2)ncn1. The van der Waals surface area contributed by atoms with Crippen LogP contribution in [0.25, 0.3) is 0 Å². The van der Waals surface area contributed by atoms with E-state index in [0.717, 1.165) is 36.8 Å². The van der Waals surface area contributed by atoms with Crippen LogP contribution < -0.4 is 4.90 Å². The molecule has 1 aliphatic carbocycles. The standard InChI is InChI=1S/C18H24N6/c1-14-10-18(22-13-20-14)24(16-2-3-16)17-5-8-23(9-6-17)11-15-4-7-19-12-21-15/h4,7,10,12-13,16-17H,2-3,5-6,8-9,11H2,1H3. The highest BCUT2D eigenvalue weighted by Crippen LogP contribution is 2.35. The van der Waals surface area contributed by atoms with Crippen LogP contribution in [0.3, 0.4) is 0 Å². The number of anilines is 1. The van der Waals surface area contributed by atoms with E-state index in [-0.39, 0.29) is 0 Å². The Morgan fingerprint density at radius 3 is 2.50 bits per heavy atom. The first kappa shape index (κ1) is 15.4. The maximum absolute atomic E-state index is 4.55. The molecular formula is C18H24N6. The predicted molar refractivity (Wildman–Crippen MR) is 92.6 cm³/mol. The molecule has 0 bridgehead atoms. The first-order valence-corrected chi connectivity index (χ1v) is 8.84. The Morgan fingerprint density at radius 2 is 1.83 bits per heavy atom. The lowest BCUT2D eigenvalue weighted by Crippen LogP contribution is -2.46. The summed E-state index contributed by atoms with van der Waals surface area (Å²) >= 11 is 0. The van der Waals surface area contributed by atoms with Crippen LogP contribution >= 0.6 is 0 Å². The van der Waals surface area contributed by atoms with Crippen LogP contribution in [0.2, 0.25) is 0 Å². The second-order valence-electron chi connectivity index (χ2n) is 6.86. The average Bonchev–Trinajstić information content (AvgIpc) is 3.43. The molecule has 0 atom stereocenters. The van der Waals surface area contributed by atoms with Crippen LogP contribution in [-0.2, 0) is 6.54 Å². The number of aryl methyl sites for hydroxylation is 1. The Labute approximate surface area is 143 Å². The minimum atomic E-state index is 0.591. The first-order chi connectivity index (χ1) is 11.8. The third kappa shape index (κ3) is 3.53. The number of piperidine rings is 1. The van der Waals surface area contributed by atoms with Gasteiger partial charge in [-0.05, 0) is 38.7 Å². The van der Waals surface area contributed by atoms with Crippen molar-refractivity contribution in [3.05, 3.63) is 42.4 Å². The summed E-state index contributed by atoms with van der Waals surface area (Å²) in [5.41, 5.74) is 2.15. The summed E-state index contributed by atoms with van der Waals surface area (Å²) in [6, 6.07) is 5.41. The molecule has 0 aromatic carbocycles. The van der Waals surface area contributed by atoms with E-state index < -0.39 is 0 Å². The van der Waals surface area contributed by atoms with E-state index in [2.05, 4.69) is 35.8 Å². The van der Waals surface area contributed by atoms with Gasteiger partial charge >= 0.3 is 0 Å². The highest BCUT2D eigenvalue weighted by atomic mass is 15.3. The molecule has 2 aliphatic rings. The molecule has 2 aromatic rings. The minimum absolute atomic E-state index is 0.591. The van der Waals surface area contributed by atoms with Gasteiger partial charge < -0.3 is 4.90 Å². The summed E-state index contributed by atoms with van der Waals surface area (Å²) in [4.78, 5) is 22.2. The Bertz CT molecular complexity index is 664. The van der Waals surface area contributed by atoms with E-state index in [0.29, 0.717) is 12.1 Å². The fourth-order valence-electron chi connectivity index (χ4n) is 3.60. The maximum Gasteiger partial charge on any atom is 0.132 e. The molecular weight excluding hydrogens is 300 g/mol. The molecule has 126 valence electrons. The van der Waals surface area contributed by atoms with Crippen LogP contribution in [0.5, 0.6) is 0 Å². The highest BCUT2D eigenvalue weighted by Gasteiger charge is 2.36. The molecule has 4 rings (SSSR count). The number of likely N-dealkylation sites (tertiary alicyclic amines) is 1. The fraction of sp³-hybridized carbons (Fsp3) is 0.556. The van der Waals surface area contributed by atoms with Gasteiger partial charge in [-0.2, -0.15) is 0 Å². The lowest BCUT2D eigenvalue weighted by Gasteiger charge is -2.39. The monoisotopic (exact) mass is 324 g/mol. The van der Waals surface area contributed by atoms with Crippen molar-refractivity contribution >= 4 is 5.82 Å². The quantitative estimate of drug-likeness (QED) is 0.840. The van der Waals surface area contributed by atoms with Gasteiger partial charge in [0, 0.05) is 49.7 Å². The Hall–Kier alpha value is -2.08. The molecule has 0 amide bonds. The average molecular weight is 324 g/mol. The summed E-state index contributed by atoms with van der Waals surface area (Å²) in [7, 11) is 0. The first-order valence-electron chi connectivity index (χ1n) is 8.84. The smallest absolute Gasteiger partial charge is 0.132 e. The van der Waals surface area contributed by atoms with Crippen LogP contribution in [0, 0.1) is 6.92 Å². The molecule has 0 unspecified atom stereocenters. The zero-order valence-electron chi connectivity index (χ0n) is 14.2. The van der Waals surface area contributed by atoms with Gasteiger partial charge in [-0.25, -0.2) is 19.9 Å². The summed E-state index contributed by atoms with van der Waals surface area (Å²) in [6.45, 7) is 5.19. The van der Waals surface area contributed by atoms with E-state index in [1.165, 1.54) is 25.7 Å². The molecule has 2 fully saturated rings. The third-order valence-corrected chi connectivity index (χ3v) is 4.97. The molecule has 1 aliphatic heterocycles. The molecule has 6 heteroatoms. The fourth-order valence-corrected chi connectivity index (χ4v) is 3.60. The topological polar surface area (TPSA) is 58.0 Å². The lowest BCUT2D eigenvalue weighted by molar-refractivity contribution is 0.198. The van der Waals surface area contributed by atoms with Gasteiger partial charge in [-0.3, -0.25) is 4.90 Å². The van der Waals surface area contributed by atoms with Crippen LogP contribution in [-0.4, -0.2) is 50.0 Å². The second kappa shape index (κ2) is 6.81. The normalized spacial score (nSPS) is 19.4. The number of aromatic nitrogens is 4. The molecule has 24 heavy (non-hydrogen) atoms. The van der Waals surface area contributed by atoms with Crippen molar-refractivity contribution in [2.75, 3.05) is 18.0 Å². The third-order valence-electron chi connectivity index (χ3n) is 4.97. The van der Waals surface area contributed by atoms with Crippen molar-refractivity contribution in [2.45, 2.75) is 51.2 Å². The zero-order chi connectivity index (χ0) is 16.4. The van der Waals surface area contributed by atoms with Crippen molar-refractivity contribution in [2.24, 2.45) is 0 Å². The molecule has 0 N–H and O–H groups in total. The zero-order valence-corrected chi connectivity index (χ0v) is 14.2. The number of hydrogen-bond donors (Lipinski definition) is 0. The van der Waals surface area contributed by atoms with E-state index >= 15 is 0 Å². The van der Waals surface area contributed by atoms with Crippen molar-refractivity contribution in [3.8, 4) is 0 Å². The Morgan fingerprint density at radius 1 is 1.04 bits per heavy atom. The molecule has 6 nitrogen and oxygen atoms in total. The number of nitrogens with zero attached hydrogens (tertiary/aromatic N) is 6. The van der Waals surface area contributed by atoms with Crippen molar-refractivity contribution in [1.82, 2.24) is 24.8 Å². The molecule has 1 saturated heterocycles.